The summed E-state index contributed by atoms with van der Waals surface area (Å²) >= 11 is 0. The second-order valence-corrected chi connectivity index (χ2v) is 8.73. The zero-order chi connectivity index (χ0) is 20.0. The van der Waals surface area contributed by atoms with Crippen LogP contribution in [0.4, 0.5) is 0 Å². The number of rotatable bonds is 17. The molecule has 0 amide bonds. The summed E-state index contributed by atoms with van der Waals surface area (Å²) in [5.74, 6) is -0.218. The van der Waals surface area contributed by atoms with E-state index >= 15 is 0 Å². The molecular formula is C20H37NO5S. The van der Waals surface area contributed by atoms with Crippen molar-refractivity contribution in [2.45, 2.75) is 96.0 Å². The van der Waals surface area contributed by atoms with Crippen molar-refractivity contribution in [2.75, 3.05) is 6.54 Å². The maximum absolute atomic E-state index is 10.8. The summed E-state index contributed by atoms with van der Waals surface area (Å²) in [6.45, 7) is 2.92. The van der Waals surface area contributed by atoms with Gasteiger partial charge in [-0.1, -0.05) is 77.6 Å². The van der Waals surface area contributed by atoms with E-state index in [0.717, 1.165) is 12.8 Å². The van der Waals surface area contributed by atoms with Crippen molar-refractivity contribution in [3.8, 4) is 0 Å². The van der Waals surface area contributed by atoms with Crippen molar-refractivity contribution in [1.82, 2.24) is 5.32 Å². The number of hydrogen-bond donors (Lipinski definition) is 3. The molecule has 0 aliphatic carbocycles. The van der Waals surface area contributed by atoms with Crippen molar-refractivity contribution in [3.63, 3.8) is 0 Å². The predicted molar refractivity (Wildman–Crippen MR) is 108 cm³/mol. The summed E-state index contributed by atoms with van der Waals surface area (Å²) in [5, 5.41) is 13.0. The van der Waals surface area contributed by atoms with Crippen LogP contribution >= 0.6 is 0 Å². The molecule has 0 radical (unpaired) electrons. The molecule has 0 fully saturated rings. The summed E-state index contributed by atoms with van der Waals surface area (Å²) in [6, 6.07) is 2.96. The maximum atomic E-state index is 10.8. The van der Waals surface area contributed by atoms with Gasteiger partial charge in [-0.25, -0.2) is 0 Å². The SMILES string of the molecule is CCCCCCCCCCCCCCNC(O)c1ccc(CS(=O)(=O)O)o1. The fourth-order valence-corrected chi connectivity index (χ4v) is 3.62. The highest BCUT2D eigenvalue weighted by molar-refractivity contribution is 7.84. The van der Waals surface area contributed by atoms with Gasteiger partial charge in [0.15, 0.2) is 6.23 Å². The molecule has 7 heteroatoms. The Kier molecular flexibility index (Phi) is 12.7. The van der Waals surface area contributed by atoms with Gasteiger partial charge in [-0.15, -0.1) is 0 Å². The van der Waals surface area contributed by atoms with E-state index in [2.05, 4.69) is 12.2 Å². The molecule has 3 N–H and O–H groups in total. The molecule has 1 aromatic rings. The van der Waals surface area contributed by atoms with Crippen LogP contribution in [0.3, 0.4) is 0 Å². The van der Waals surface area contributed by atoms with Crippen LogP contribution in [0, 0.1) is 0 Å². The zero-order valence-corrected chi connectivity index (χ0v) is 17.5. The van der Waals surface area contributed by atoms with E-state index in [4.69, 9.17) is 8.97 Å². The smallest absolute Gasteiger partial charge is 0.272 e. The third-order valence-corrected chi connectivity index (χ3v) is 5.29. The predicted octanol–water partition coefficient (Wildman–Crippen LogP) is 4.95. The molecule has 1 atom stereocenters. The van der Waals surface area contributed by atoms with E-state index in [1.807, 2.05) is 0 Å². The summed E-state index contributed by atoms with van der Waals surface area (Å²) < 4.78 is 35.6. The number of hydrogen-bond acceptors (Lipinski definition) is 5. The van der Waals surface area contributed by atoms with Crippen LogP contribution in [0.1, 0.15) is 102 Å². The normalized spacial score (nSPS) is 13.1. The number of nitrogens with one attached hydrogen (secondary N) is 1. The minimum Gasteiger partial charge on any atom is -0.461 e. The third-order valence-electron chi connectivity index (χ3n) is 4.64. The first kappa shape index (κ1) is 24.1. The Hall–Kier alpha value is -0.890. The van der Waals surface area contributed by atoms with Crippen molar-refractivity contribution in [3.05, 3.63) is 23.7 Å². The Morgan fingerprint density at radius 2 is 1.44 bits per heavy atom. The molecule has 27 heavy (non-hydrogen) atoms. The molecule has 1 aromatic heterocycles. The lowest BCUT2D eigenvalue weighted by atomic mass is 10.1. The van der Waals surface area contributed by atoms with E-state index in [0.29, 0.717) is 6.54 Å². The average molecular weight is 404 g/mol. The lowest BCUT2D eigenvalue weighted by molar-refractivity contribution is 0.112. The van der Waals surface area contributed by atoms with Gasteiger partial charge in [-0.2, -0.15) is 8.42 Å². The maximum Gasteiger partial charge on any atom is 0.272 e. The summed E-state index contributed by atoms with van der Waals surface area (Å²) in [7, 11) is -4.13. The first-order valence-corrected chi connectivity index (χ1v) is 12.0. The Labute approximate surface area is 164 Å². The topological polar surface area (TPSA) is 99.8 Å². The quantitative estimate of drug-likeness (QED) is 0.193. The molecule has 1 unspecified atom stereocenters. The highest BCUT2D eigenvalue weighted by Gasteiger charge is 2.15. The zero-order valence-electron chi connectivity index (χ0n) is 16.7. The molecule has 0 aliphatic heterocycles. The number of unbranched alkanes of at least 4 members (excludes halogenated alkanes) is 11. The highest BCUT2D eigenvalue weighted by Crippen LogP contribution is 2.17. The van der Waals surface area contributed by atoms with E-state index in [1.165, 1.54) is 76.3 Å². The molecule has 0 saturated carbocycles. The Balaban J connectivity index is 1.97. The van der Waals surface area contributed by atoms with Crippen molar-refractivity contribution < 1.29 is 22.5 Å². The number of aliphatic hydroxyl groups excluding tert-OH is 1. The van der Waals surface area contributed by atoms with E-state index in [1.54, 1.807) is 0 Å². The van der Waals surface area contributed by atoms with E-state index < -0.39 is 22.1 Å². The average Bonchev–Trinajstić information content (AvgIpc) is 3.05. The van der Waals surface area contributed by atoms with Crippen LogP contribution in [0.5, 0.6) is 0 Å². The molecule has 0 spiro atoms. The van der Waals surface area contributed by atoms with Crippen LogP contribution in [-0.4, -0.2) is 24.6 Å². The number of furan rings is 1. The van der Waals surface area contributed by atoms with Crippen molar-refractivity contribution in [1.29, 1.82) is 0 Å². The van der Waals surface area contributed by atoms with Gasteiger partial charge in [0, 0.05) is 0 Å². The lowest BCUT2D eigenvalue weighted by Crippen LogP contribution is -2.21. The minimum absolute atomic E-state index is 0.110. The van der Waals surface area contributed by atoms with Crippen LogP contribution in [0.25, 0.3) is 0 Å². The van der Waals surface area contributed by atoms with Gasteiger partial charge < -0.3 is 9.52 Å². The second-order valence-electron chi connectivity index (χ2n) is 7.28. The van der Waals surface area contributed by atoms with Gasteiger partial charge in [0.05, 0.1) is 0 Å². The molecule has 0 aromatic carbocycles. The van der Waals surface area contributed by atoms with Gasteiger partial charge in [0.2, 0.25) is 0 Å². The van der Waals surface area contributed by atoms with Gasteiger partial charge in [0.1, 0.15) is 17.3 Å². The van der Waals surface area contributed by atoms with Crippen molar-refractivity contribution >= 4 is 10.1 Å². The minimum atomic E-state index is -4.13. The summed E-state index contributed by atoms with van der Waals surface area (Å²) in [4.78, 5) is 0. The fourth-order valence-electron chi connectivity index (χ4n) is 3.10. The van der Waals surface area contributed by atoms with Gasteiger partial charge >= 0.3 is 0 Å². The largest absolute Gasteiger partial charge is 0.461 e. The summed E-state index contributed by atoms with van der Waals surface area (Å²) in [5.41, 5.74) is 0. The van der Waals surface area contributed by atoms with Crippen LogP contribution in [-0.2, 0) is 15.9 Å². The van der Waals surface area contributed by atoms with E-state index in [9.17, 15) is 13.5 Å². The third kappa shape index (κ3) is 13.0. The standard InChI is InChI=1S/C20H37NO5S/c1-2-3-4-5-6-7-8-9-10-11-12-13-16-21-20(22)19-15-14-18(26-19)17-27(23,24)25/h14-15,20-22H,2-13,16-17H2,1H3,(H,23,24,25). The van der Waals surface area contributed by atoms with Crippen LogP contribution in [0.2, 0.25) is 0 Å². The lowest BCUT2D eigenvalue weighted by Gasteiger charge is -2.10. The Morgan fingerprint density at radius 3 is 1.96 bits per heavy atom. The number of aliphatic hydroxyl groups is 1. The molecule has 1 heterocycles. The molecule has 1 rings (SSSR count). The second kappa shape index (κ2) is 14.2. The summed E-state index contributed by atoms with van der Waals surface area (Å²) in [6.07, 6.45) is 14.5. The van der Waals surface area contributed by atoms with Gasteiger partial charge in [0.25, 0.3) is 10.1 Å². The Morgan fingerprint density at radius 1 is 0.926 bits per heavy atom. The molecule has 0 saturated heterocycles. The molecule has 6 nitrogen and oxygen atoms in total. The fraction of sp³-hybridized carbons (Fsp3) is 0.800. The molecule has 0 aliphatic rings. The highest BCUT2D eigenvalue weighted by atomic mass is 32.2. The van der Waals surface area contributed by atoms with Crippen LogP contribution in [0.15, 0.2) is 16.5 Å². The van der Waals surface area contributed by atoms with Crippen molar-refractivity contribution in [2.24, 2.45) is 0 Å². The van der Waals surface area contributed by atoms with E-state index in [-0.39, 0.29) is 11.5 Å². The molecule has 158 valence electrons. The Bertz CT molecular complexity index is 585. The van der Waals surface area contributed by atoms with Gasteiger partial charge in [-0.05, 0) is 25.1 Å². The monoisotopic (exact) mass is 403 g/mol. The van der Waals surface area contributed by atoms with Gasteiger partial charge in [-0.3, -0.25) is 9.87 Å². The first-order chi connectivity index (χ1) is 12.9. The molecular weight excluding hydrogens is 366 g/mol. The first-order valence-electron chi connectivity index (χ1n) is 10.4. The van der Waals surface area contributed by atoms with Crippen LogP contribution < -0.4 is 5.32 Å². The molecule has 0 bridgehead atoms.